The lowest BCUT2D eigenvalue weighted by atomic mass is 10.1. The van der Waals surface area contributed by atoms with E-state index in [2.05, 4.69) is 10.4 Å². The molecule has 0 atom stereocenters. The van der Waals surface area contributed by atoms with Gasteiger partial charge < -0.3 is 15.0 Å². The zero-order chi connectivity index (χ0) is 25.1. The predicted octanol–water partition coefficient (Wildman–Crippen LogP) is 5.12. The van der Waals surface area contributed by atoms with Crippen molar-refractivity contribution in [3.8, 4) is 28.3 Å². The van der Waals surface area contributed by atoms with Crippen molar-refractivity contribution in [1.29, 1.82) is 0 Å². The second-order valence-electron chi connectivity index (χ2n) is 8.35. The summed E-state index contributed by atoms with van der Waals surface area (Å²) in [6.45, 7) is 2.81. The number of halogens is 3. The van der Waals surface area contributed by atoms with Crippen molar-refractivity contribution in [2.24, 2.45) is 0 Å². The maximum Gasteiger partial charge on any atom is 0.416 e. The van der Waals surface area contributed by atoms with Gasteiger partial charge >= 0.3 is 11.7 Å². The van der Waals surface area contributed by atoms with Crippen LogP contribution in [0.25, 0.3) is 16.8 Å². The van der Waals surface area contributed by atoms with Gasteiger partial charge in [0.05, 0.1) is 17.4 Å². The highest BCUT2D eigenvalue weighted by molar-refractivity contribution is 5.64. The van der Waals surface area contributed by atoms with Crippen molar-refractivity contribution in [3.05, 3.63) is 101 Å². The molecule has 184 valence electrons. The van der Waals surface area contributed by atoms with Crippen molar-refractivity contribution < 1.29 is 17.9 Å². The van der Waals surface area contributed by atoms with Crippen LogP contribution in [-0.4, -0.2) is 36.0 Å². The van der Waals surface area contributed by atoms with E-state index in [0.717, 1.165) is 41.0 Å². The van der Waals surface area contributed by atoms with Gasteiger partial charge in [0, 0.05) is 26.2 Å². The number of aromatic nitrogens is 2. The highest BCUT2D eigenvalue weighted by Crippen LogP contribution is 2.32. The van der Waals surface area contributed by atoms with Crippen molar-refractivity contribution in [3.63, 3.8) is 0 Å². The van der Waals surface area contributed by atoms with Gasteiger partial charge in [-0.25, -0.2) is 0 Å². The van der Waals surface area contributed by atoms with Gasteiger partial charge in [-0.1, -0.05) is 42.5 Å². The smallest absolute Gasteiger partial charge is 0.416 e. The molecule has 1 fully saturated rings. The molecule has 9 heteroatoms. The Morgan fingerprint density at radius 2 is 1.47 bits per heavy atom. The van der Waals surface area contributed by atoms with Crippen LogP contribution in [0.5, 0.6) is 11.5 Å². The van der Waals surface area contributed by atoms with E-state index in [0.29, 0.717) is 24.5 Å². The molecule has 0 radical (unpaired) electrons. The highest BCUT2D eigenvalue weighted by atomic mass is 19.4. The third-order valence-corrected chi connectivity index (χ3v) is 5.99. The lowest BCUT2D eigenvalue weighted by molar-refractivity contribution is -0.137. The van der Waals surface area contributed by atoms with E-state index < -0.39 is 17.3 Å². The van der Waals surface area contributed by atoms with Crippen LogP contribution < -0.4 is 20.5 Å². The van der Waals surface area contributed by atoms with E-state index in [9.17, 15) is 18.0 Å². The molecule has 0 unspecified atom stereocenters. The number of alkyl halides is 3. The molecule has 0 aliphatic carbocycles. The van der Waals surface area contributed by atoms with Crippen LogP contribution in [0.2, 0.25) is 0 Å². The summed E-state index contributed by atoms with van der Waals surface area (Å²) >= 11 is 0. The molecule has 0 spiro atoms. The second kappa shape index (κ2) is 9.87. The van der Waals surface area contributed by atoms with Gasteiger partial charge in [-0.3, -0.25) is 4.79 Å². The predicted molar refractivity (Wildman–Crippen MR) is 132 cm³/mol. The van der Waals surface area contributed by atoms with E-state index >= 15 is 0 Å². The molecule has 1 saturated heterocycles. The molecule has 2 heterocycles. The third-order valence-electron chi connectivity index (χ3n) is 5.99. The van der Waals surface area contributed by atoms with Crippen LogP contribution in [0.15, 0.2) is 89.9 Å². The Balaban J connectivity index is 1.52. The van der Waals surface area contributed by atoms with Crippen LogP contribution in [0, 0.1) is 0 Å². The van der Waals surface area contributed by atoms with Gasteiger partial charge in [0.15, 0.2) is 0 Å². The Bertz CT molecular complexity index is 1380. The quantitative estimate of drug-likeness (QED) is 0.419. The molecule has 1 N–H and O–H groups in total. The Hall–Kier alpha value is -4.11. The first-order valence-electron chi connectivity index (χ1n) is 11.5. The number of rotatable bonds is 5. The Labute approximate surface area is 205 Å². The first-order valence-corrected chi connectivity index (χ1v) is 11.5. The SMILES string of the molecule is O=c1c(Oc2ccc(-c3ccccc3)cc2)c(N2CCNCC2)cnn1-c1ccc(C(F)(F)F)cc1. The van der Waals surface area contributed by atoms with Crippen LogP contribution in [0.4, 0.5) is 18.9 Å². The first-order chi connectivity index (χ1) is 17.4. The molecular weight excluding hydrogens is 469 g/mol. The van der Waals surface area contributed by atoms with Crippen molar-refractivity contribution >= 4 is 5.69 Å². The summed E-state index contributed by atoms with van der Waals surface area (Å²) in [7, 11) is 0. The molecular formula is C27H23F3N4O2. The summed E-state index contributed by atoms with van der Waals surface area (Å²) in [6, 6.07) is 21.6. The molecule has 6 nitrogen and oxygen atoms in total. The average molecular weight is 493 g/mol. The van der Waals surface area contributed by atoms with Gasteiger partial charge in [0.1, 0.15) is 11.4 Å². The number of hydrogen-bond donors (Lipinski definition) is 1. The molecule has 1 aliphatic heterocycles. The maximum absolute atomic E-state index is 13.5. The number of anilines is 1. The van der Waals surface area contributed by atoms with Gasteiger partial charge in [-0.15, -0.1) is 0 Å². The summed E-state index contributed by atoms with van der Waals surface area (Å²) in [4.78, 5) is 15.5. The molecule has 1 aliphatic rings. The summed E-state index contributed by atoms with van der Waals surface area (Å²) in [5.74, 6) is 0.535. The molecule has 5 rings (SSSR count). The topological polar surface area (TPSA) is 59.4 Å². The zero-order valence-electron chi connectivity index (χ0n) is 19.2. The Morgan fingerprint density at radius 1 is 0.833 bits per heavy atom. The molecule has 0 bridgehead atoms. The lowest BCUT2D eigenvalue weighted by Crippen LogP contribution is -2.44. The lowest BCUT2D eigenvalue weighted by Gasteiger charge is -2.30. The minimum atomic E-state index is -4.47. The van der Waals surface area contributed by atoms with Gasteiger partial charge in [-0.2, -0.15) is 23.0 Å². The largest absolute Gasteiger partial charge is 0.449 e. The summed E-state index contributed by atoms with van der Waals surface area (Å²) in [6.07, 6.45) is -2.94. The van der Waals surface area contributed by atoms with Crippen LogP contribution in [0.3, 0.4) is 0 Å². The van der Waals surface area contributed by atoms with Crippen molar-refractivity contribution in [1.82, 2.24) is 15.1 Å². The normalized spacial score (nSPS) is 14.0. The number of benzene rings is 3. The Kier molecular flexibility index (Phi) is 6.47. The molecule has 4 aromatic rings. The minimum absolute atomic E-state index is 0.0688. The maximum atomic E-state index is 13.5. The standard InChI is InChI=1S/C27H23F3N4O2/c28-27(29,30)21-8-10-22(11-9-21)34-26(35)25(24(18-32-34)33-16-14-31-15-17-33)36-23-12-6-20(7-13-23)19-4-2-1-3-5-19/h1-13,18,31H,14-17H2. The highest BCUT2D eigenvalue weighted by Gasteiger charge is 2.30. The van der Waals surface area contributed by atoms with Crippen molar-refractivity contribution in [2.75, 3.05) is 31.1 Å². The fraction of sp³-hybridized carbons (Fsp3) is 0.185. The summed E-state index contributed by atoms with van der Waals surface area (Å²) in [5, 5.41) is 7.52. The third kappa shape index (κ3) is 4.96. The summed E-state index contributed by atoms with van der Waals surface area (Å²) in [5.41, 5.74) is 1.45. The fourth-order valence-electron chi connectivity index (χ4n) is 4.10. The van der Waals surface area contributed by atoms with E-state index in [4.69, 9.17) is 4.74 Å². The summed E-state index contributed by atoms with van der Waals surface area (Å²) < 4.78 is 46.1. The number of nitrogens with one attached hydrogen (secondary N) is 1. The van der Waals surface area contributed by atoms with Gasteiger partial charge in [0.2, 0.25) is 5.75 Å². The van der Waals surface area contributed by atoms with E-state index in [-0.39, 0.29) is 11.4 Å². The molecule has 0 amide bonds. The molecule has 3 aromatic carbocycles. The van der Waals surface area contributed by atoms with Crippen LogP contribution in [-0.2, 0) is 6.18 Å². The zero-order valence-corrected chi connectivity index (χ0v) is 19.2. The second-order valence-corrected chi connectivity index (χ2v) is 8.35. The van der Waals surface area contributed by atoms with E-state index in [1.165, 1.54) is 18.3 Å². The first kappa shape index (κ1) is 23.6. The molecule has 0 saturated carbocycles. The monoisotopic (exact) mass is 492 g/mol. The Morgan fingerprint density at radius 3 is 2.11 bits per heavy atom. The molecule has 36 heavy (non-hydrogen) atoms. The number of piperazine rings is 1. The number of nitrogens with zero attached hydrogens (tertiary/aromatic N) is 3. The fourth-order valence-corrected chi connectivity index (χ4v) is 4.10. The van der Waals surface area contributed by atoms with Crippen LogP contribution >= 0.6 is 0 Å². The number of hydrogen-bond acceptors (Lipinski definition) is 5. The molecule has 1 aromatic heterocycles. The van der Waals surface area contributed by atoms with Crippen molar-refractivity contribution in [2.45, 2.75) is 6.18 Å². The average Bonchev–Trinajstić information content (AvgIpc) is 2.91. The number of ether oxygens (including phenoxy) is 1. The minimum Gasteiger partial charge on any atom is -0.449 e. The van der Waals surface area contributed by atoms with Gasteiger partial charge in [0.25, 0.3) is 0 Å². The van der Waals surface area contributed by atoms with Gasteiger partial charge in [-0.05, 0) is 47.5 Å². The van der Waals surface area contributed by atoms with Crippen LogP contribution in [0.1, 0.15) is 5.56 Å². The van der Waals surface area contributed by atoms with E-state index in [1.807, 2.05) is 47.4 Å². The van der Waals surface area contributed by atoms with E-state index in [1.54, 1.807) is 12.1 Å².